The van der Waals surface area contributed by atoms with Crippen LogP contribution < -0.4 is 4.90 Å². The second-order valence-corrected chi connectivity index (χ2v) is 8.36. The molecular formula is C16H24F3N3O3S. The Hall–Kier alpha value is -1.39. The predicted octanol–water partition coefficient (Wildman–Crippen LogP) is 2.10. The molecule has 26 heavy (non-hydrogen) atoms. The fourth-order valence-corrected chi connectivity index (χ4v) is 4.41. The van der Waals surface area contributed by atoms with Gasteiger partial charge in [0.15, 0.2) is 0 Å². The summed E-state index contributed by atoms with van der Waals surface area (Å²) in [5.74, 6) is 0.0591. The van der Waals surface area contributed by atoms with Crippen molar-refractivity contribution in [1.29, 1.82) is 0 Å². The number of aromatic nitrogens is 1. The summed E-state index contributed by atoms with van der Waals surface area (Å²) in [5, 5.41) is 8.71. The highest BCUT2D eigenvalue weighted by atomic mass is 32.2. The zero-order valence-electron chi connectivity index (χ0n) is 14.5. The van der Waals surface area contributed by atoms with Crippen LogP contribution in [0, 0.1) is 0 Å². The van der Waals surface area contributed by atoms with Crippen LogP contribution in [-0.4, -0.2) is 61.4 Å². The second kappa shape index (κ2) is 9.01. The van der Waals surface area contributed by atoms with E-state index in [0.717, 1.165) is 25.1 Å². The Labute approximate surface area is 151 Å². The molecule has 1 aliphatic heterocycles. The van der Waals surface area contributed by atoms with Crippen molar-refractivity contribution in [2.45, 2.75) is 31.9 Å². The molecule has 0 bridgehead atoms. The first-order valence-electron chi connectivity index (χ1n) is 8.60. The van der Waals surface area contributed by atoms with Gasteiger partial charge in [-0.15, -0.1) is 0 Å². The quantitative estimate of drug-likeness (QED) is 0.683. The largest absolute Gasteiger partial charge is 0.417 e. The van der Waals surface area contributed by atoms with Crippen molar-refractivity contribution in [3.8, 4) is 0 Å². The Morgan fingerprint density at radius 3 is 2.31 bits per heavy atom. The van der Waals surface area contributed by atoms with Crippen LogP contribution in [0.4, 0.5) is 18.9 Å². The van der Waals surface area contributed by atoms with E-state index >= 15 is 0 Å². The molecule has 0 aromatic carbocycles. The standard InChI is InChI=1S/C16H24F3N3O3S/c17-16(18,19)14-11-15(13-20-12-14)21-5-7-22(8-6-21)26(24,25)10-4-2-1-3-9-23/h11-13,23H,1-10H2. The molecule has 6 nitrogen and oxygen atoms in total. The molecule has 1 fully saturated rings. The monoisotopic (exact) mass is 395 g/mol. The van der Waals surface area contributed by atoms with E-state index in [1.807, 2.05) is 0 Å². The maximum absolute atomic E-state index is 12.8. The van der Waals surface area contributed by atoms with Gasteiger partial charge in [0.25, 0.3) is 0 Å². The maximum Gasteiger partial charge on any atom is 0.417 e. The number of unbranched alkanes of at least 4 members (excludes halogenated alkanes) is 3. The van der Waals surface area contributed by atoms with Crippen LogP contribution >= 0.6 is 0 Å². The summed E-state index contributed by atoms with van der Waals surface area (Å²) in [4.78, 5) is 5.37. The van der Waals surface area contributed by atoms with Crippen molar-refractivity contribution < 1.29 is 26.7 Å². The molecule has 2 rings (SSSR count). The number of aliphatic hydroxyl groups is 1. The van der Waals surface area contributed by atoms with Gasteiger partial charge in [-0.05, 0) is 18.9 Å². The van der Waals surface area contributed by atoms with E-state index in [0.29, 0.717) is 31.6 Å². The number of pyridine rings is 1. The number of anilines is 1. The molecule has 2 heterocycles. The minimum Gasteiger partial charge on any atom is -0.396 e. The Morgan fingerprint density at radius 1 is 1.04 bits per heavy atom. The van der Waals surface area contributed by atoms with Gasteiger partial charge in [-0.25, -0.2) is 8.42 Å². The Morgan fingerprint density at radius 2 is 1.69 bits per heavy atom. The smallest absolute Gasteiger partial charge is 0.396 e. The van der Waals surface area contributed by atoms with Crippen LogP contribution in [0.2, 0.25) is 0 Å². The molecule has 1 aromatic heterocycles. The first-order chi connectivity index (χ1) is 12.2. The molecule has 148 valence electrons. The van der Waals surface area contributed by atoms with Gasteiger partial charge >= 0.3 is 6.18 Å². The Bertz CT molecular complexity index is 675. The van der Waals surface area contributed by atoms with E-state index in [1.54, 1.807) is 4.90 Å². The third-order valence-electron chi connectivity index (χ3n) is 4.36. The van der Waals surface area contributed by atoms with Gasteiger partial charge in [-0.2, -0.15) is 17.5 Å². The van der Waals surface area contributed by atoms with Gasteiger partial charge in [0.2, 0.25) is 10.0 Å². The summed E-state index contributed by atoms with van der Waals surface area (Å²) < 4.78 is 64.5. The molecule has 1 N–H and O–H groups in total. The lowest BCUT2D eigenvalue weighted by Gasteiger charge is -2.35. The number of piperazine rings is 1. The first-order valence-corrected chi connectivity index (χ1v) is 10.2. The molecule has 1 saturated heterocycles. The minimum atomic E-state index is -4.45. The topological polar surface area (TPSA) is 73.7 Å². The van der Waals surface area contributed by atoms with Crippen molar-refractivity contribution >= 4 is 15.7 Å². The molecule has 0 aliphatic carbocycles. The average Bonchev–Trinajstić information content (AvgIpc) is 2.61. The Kier molecular flexibility index (Phi) is 7.24. The van der Waals surface area contributed by atoms with Crippen molar-refractivity contribution in [2.75, 3.05) is 43.4 Å². The summed E-state index contributed by atoms with van der Waals surface area (Å²) >= 11 is 0. The fraction of sp³-hybridized carbons (Fsp3) is 0.688. The van der Waals surface area contributed by atoms with Gasteiger partial charge in [0, 0.05) is 39.0 Å². The summed E-state index contributed by atoms with van der Waals surface area (Å²) in [5.41, 5.74) is -0.464. The lowest BCUT2D eigenvalue weighted by Crippen LogP contribution is -2.49. The number of aliphatic hydroxyl groups excluding tert-OH is 1. The highest BCUT2D eigenvalue weighted by Crippen LogP contribution is 2.31. The molecule has 0 unspecified atom stereocenters. The summed E-state index contributed by atoms with van der Waals surface area (Å²) in [6.45, 7) is 1.25. The van der Waals surface area contributed by atoms with E-state index in [-0.39, 0.29) is 25.4 Å². The zero-order valence-corrected chi connectivity index (χ0v) is 15.3. The lowest BCUT2D eigenvalue weighted by molar-refractivity contribution is -0.137. The number of alkyl halides is 3. The van der Waals surface area contributed by atoms with Crippen LogP contribution in [0.3, 0.4) is 0 Å². The van der Waals surface area contributed by atoms with E-state index in [1.165, 1.54) is 10.5 Å². The van der Waals surface area contributed by atoms with Gasteiger partial charge < -0.3 is 10.0 Å². The number of hydrogen-bond acceptors (Lipinski definition) is 5. The van der Waals surface area contributed by atoms with Gasteiger partial charge in [0.05, 0.1) is 23.2 Å². The molecule has 10 heteroatoms. The zero-order chi connectivity index (χ0) is 19.2. The molecule has 1 aliphatic rings. The van der Waals surface area contributed by atoms with Crippen molar-refractivity contribution in [3.63, 3.8) is 0 Å². The first kappa shape index (κ1) is 20.9. The third kappa shape index (κ3) is 5.82. The number of rotatable bonds is 8. The SMILES string of the molecule is O=S(=O)(CCCCCCO)N1CCN(c2cncc(C(F)(F)F)c2)CC1. The Balaban J connectivity index is 1.88. The minimum absolute atomic E-state index is 0.0591. The number of nitrogens with zero attached hydrogens (tertiary/aromatic N) is 3. The van der Waals surface area contributed by atoms with Gasteiger partial charge in [0.1, 0.15) is 0 Å². The van der Waals surface area contributed by atoms with E-state index in [4.69, 9.17) is 5.11 Å². The summed E-state index contributed by atoms with van der Waals surface area (Å²) in [6, 6.07) is 1.04. The van der Waals surface area contributed by atoms with E-state index in [2.05, 4.69) is 4.98 Å². The summed E-state index contributed by atoms with van der Waals surface area (Å²) in [7, 11) is -3.36. The highest BCUT2D eigenvalue weighted by molar-refractivity contribution is 7.89. The van der Waals surface area contributed by atoms with Crippen molar-refractivity contribution in [3.05, 3.63) is 24.0 Å². The molecular weight excluding hydrogens is 371 g/mol. The summed E-state index contributed by atoms with van der Waals surface area (Å²) in [6.07, 6.45) is 0.438. The van der Waals surface area contributed by atoms with Gasteiger partial charge in [-0.1, -0.05) is 12.8 Å². The number of sulfonamides is 1. The molecule has 0 radical (unpaired) electrons. The van der Waals surface area contributed by atoms with E-state index in [9.17, 15) is 21.6 Å². The number of halogens is 3. The second-order valence-electron chi connectivity index (χ2n) is 6.27. The average molecular weight is 395 g/mol. The van der Waals surface area contributed by atoms with Crippen molar-refractivity contribution in [1.82, 2.24) is 9.29 Å². The lowest BCUT2D eigenvalue weighted by atomic mass is 10.2. The third-order valence-corrected chi connectivity index (χ3v) is 6.32. The van der Waals surface area contributed by atoms with Crippen LogP contribution in [-0.2, 0) is 16.2 Å². The van der Waals surface area contributed by atoms with Crippen LogP contribution in [0.1, 0.15) is 31.2 Å². The molecule has 0 amide bonds. The molecule has 0 spiro atoms. The normalized spacial score (nSPS) is 16.8. The van der Waals surface area contributed by atoms with E-state index < -0.39 is 21.8 Å². The molecule has 0 atom stereocenters. The predicted molar refractivity (Wildman–Crippen MR) is 92.4 cm³/mol. The maximum atomic E-state index is 12.8. The van der Waals surface area contributed by atoms with Crippen molar-refractivity contribution in [2.24, 2.45) is 0 Å². The molecule has 0 saturated carbocycles. The van der Waals surface area contributed by atoms with Gasteiger partial charge in [-0.3, -0.25) is 4.98 Å². The van der Waals surface area contributed by atoms with Crippen LogP contribution in [0.5, 0.6) is 0 Å². The van der Waals surface area contributed by atoms with Crippen LogP contribution in [0.25, 0.3) is 0 Å². The number of hydrogen-bond donors (Lipinski definition) is 1. The van der Waals surface area contributed by atoms with Crippen LogP contribution in [0.15, 0.2) is 18.5 Å². The fourth-order valence-electron chi connectivity index (χ4n) is 2.86. The highest BCUT2D eigenvalue weighted by Gasteiger charge is 2.32. The molecule has 1 aromatic rings.